The third kappa shape index (κ3) is 3.63. The first kappa shape index (κ1) is 16.6. The van der Waals surface area contributed by atoms with E-state index in [1.54, 1.807) is 18.2 Å². The Labute approximate surface area is 145 Å². The van der Waals surface area contributed by atoms with Crippen LogP contribution < -0.4 is 0 Å². The van der Waals surface area contributed by atoms with Crippen LogP contribution in [0, 0.1) is 0 Å². The number of carboxylic acid groups (broad SMARTS) is 1. The van der Waals surface area contributed by atoms with Gasteiger partial charge in [0, 0.05) is 17.8 Å². The first-order chi connectivity index (χ1) is 12.1. The molecule has 126 valence electrons. The van der Waals surface area contributed by atoms with Crippen LogP contribution in [0.4, 0.5) is 0 Å². The number of tetrazole rings is 1. The van der Waals surface area contributed by atoms with Crippen LogP contribution in [0.25, 0.3) is 5.69 Å². The molecule has 0 saturated carbocycles. The number of rotatable bonds is 6. The van der Waals surface area contributed by atoms with Crippen LogP contribution in [0.3, 0.4) is 0 Å². The molecule has 0 aliphatic carbocycles. The van der Waals surface area contributed by atoms with Crippen LogP contribution in [0.1, 0.15) is 20.7 Å². The summed E-state index contributed by atoms with van der Waals surface area (Å²) >= 11 is 1.07. The lowest BCUT2D eigenvalue weighted by atomic mass is 10.2. The molecule has 0 amide bonds. The van der Waals surface area contributed by atoms with E-state index in [-0.39, 0.29) is 28.1 Å². The molecule has 0 radical (unpaired) electrons. The van der Waals surface area contributed by atoms with E-state index >= 15 is 0 Å². The summed E-state index contributed by atoms with van der Waals surface area (Å²) < 4.78 is 1.27. The normalized spacial score (nSPS) is 10.6. The molecular weight excluding hydrogens is 346 g/mol. The number of aromatic nitrogens is 5. The first-order valence-electron chi connectivity index (χ1n) is 6.98. The second-order valence-corrected chi connectivity index (χ2v) is 5.75. The lowest BCUT2D eigenvalue weighted by Gasteiger charge is -2.07. The summed E-state index contributed by atoms with van der Waals surface area (Å²) in [5.74, 6) is -1.47. The Bertz CT molecular complexity index is 926. The molecule has 0 atom stereocenters. The quantitative estimate of drug-likeness (QED) is 0.497. The highest BCUT2D eigenvalue weighted by molar-refractivity contribution is 7.99. The van der Waals surface area contributed by atoms with E-state index in [1.807, 2.05) is 0 Å². The summed E-state index contributed by atoms with van der Waals surface area (Å²) in [5, 5.41) is 29.9. The van der Waals surface area contributed by atoms with Crippen molar-refractivity contribution in [3.8, 4) is 11.6 Å². The van der Waals surface area contributed by atoms with Gasteiger partial charge in [-0.25, -0.2) is 9.78 Å². The summed E-state index contributed by atoms with van der Waals surface area (Å²) in [7, 11) is 0. The number of hydrogen-bond acceptors (Lipinski definition) is 8. The van der Waals surface area contributed by atoms with Crippen molar-refractivity contribution in [3.63, 3.8) is 0 Å². The number of carboxylic acids is 1. The highest BCUT2D eigenvalue weighted by Crippen LogP contribution is 2.22. The number of Topliss-reactive ketones (excluding diaryl/α,β-unsaturated/α-hetero) is 1. The molecule has 3 rings (SSSR count). The molecule has 2 aromatic heterocycles. The van der Waals surface area contributed by atoms with Crippen molar-refractivity contribution >= 4 is 23.5 Å². The average Bonchev–Trinajstić information content (AvgIpc) is 3.08. The van der Waals surface area contributed by atoms with Crippen molar-refractivity contribution in [3.05, 3.63) is 53.7 Å². The molecular formula is C15H11N5O4S. The van der Waals surface area contributed by atoms with Gasteiger partial charge in [-0.15, -0.1) is 5.10 Å². The zero-order valence-electron chi connectivity index (χ0n) is 12.6. The van der Waals surface area contributed by atoms with E-state index in [1.165, 1.54) is 29.1 Å². The number of aromatic carboxylic acids is 1. The van der Waals surface area contributed by atoms with Crippen molar-refractivity contribution in [2.75, 3.05) is 5.75 Å². The Balaban J connectivity index is 1.80. The van der Waals surface area contributed by atoms with Gasteiger partial charge in [-0.1, -0.05) is 23.9 Å². The molecule has 0 fully saturated rings. The Kier molecular flexibility index (Phi) is 4.70. The van der Waals surface area contributed by atoms with Gasteiger partial charge in [0.25, 0.3) is 0 Å². The fraction of sp³-hybridized carbons (Fsp3) is 0.0667. The molecule has 0 aliphatic heterocycles. The standard InChI is InChI=1S/C15H11N5O4S/c21-12(9-5-6-13(22)16-7-9)8-25-15-17-18-19-20(15)11-4-2-1-3-10(11)14(23)24/h1-7H,8H2,(H,16,22)(H,23,24). The smallest absolute Gasteiger partial charge is 0.337 e. The Morgan fingerprint density at radius 1 is 1.16 bits per heavy atom. The first-order valence-corrected chi connectivity index (χ1v) is 7.97. The van der Waals surface area contributed by atoms with Gasteiger partial charge >= 0.3 is 5.97 Å². The van der Waals surface area contributed by atoms with Crippen LogP contribution in [-0.4, -0.2) is 52.9 Å². The number of para-hydroxylation sites is 1. The van der Waals surface area contributed by atoms with Crippen LogP contribution in [0.5, 0.6) is 5.88 Å². The van der Waals surface area contributed by atoms with Crippen molar-refractivity contribution in [2.45, 2.75) is 5.16 Å². The maximum absolute atomic E-state index is 12.2. The summed E-state index contributed by atoms with van der Waals surface area (Å²) in [6.07, 6.45) is 1.28. The molecule has 2 heterocycles. The van der Waals surface area contributed by atoms with Gasteiger partial charge in [-0.3, -0.25) is 4.79 Å². The van der Waals surface area contributed by atoms with E-state index in [9.17, 15) is 14.7 Å². The van der Waals surface area contributed by atoms with Gasteiger partial charge in [-0.2, -0.15) is 4.68 Å². The molecule has 0 aliphatic rings. The molecule has 0 saturated heterocycles. The average molecular weight is 357 g/mol. The Morgan fingerprint density at radius 3 is 2.68 bits per heavy atom. The molecule has 9 nitrogen and oxygen atoms in total. The summed E-state index contributed by atoms with van der Waals surface area (Å²) in [6.45, 7) is 0. The SMILES string of the molecule is O=C(CSc1nnnn1-c1ccccc1C(=O)O)c1ccc(O)nc1. The largest absolute Gasteiger partial charge is 0.493 e. The number of carbonyl (C=O) groups excluding carboxylic acids is 1. The second-order valence-electron chi connectivity index (χ2n) is 4.81. The lowest BCUT2D eigenvalue weighted by molar-refractivity contribution is 0.0696. The van der Waals surface area contributed by atoms with Crippen molar-refractivity contribution in [2.24, 2.45) is 0 Å². The van der Waals surface area contributed by atoms with Gasteiger partial charge in [0.1, 0.15) is 0 Å². The predicted molar refractivity (Wildman–Crippen MR) is 87.1 cm³/mol. The molecule has 10 heteroatoms. The minimum Gasteiger partial charge on any atom is -0.493 e. The number of nitrogens with zero attached hydrogens (tertiary/aromatic N) is 5. The van der Waals surface area contributed by atoms with Crippen LogP contribution in [0.2, 0.25) is 0 Å². The van der Waals surface area contributed by atoms with Gasteiger partial charge in [-0.05, 0) is 28.6 Å². The summed E-state index contributed by atoms with van der Waals surface area (Å²) in [4.78, 5) is 27.2. The van der Waals surface area contributed by atoms with E-state index in [0.717, 1.165) is 11.8 Å². The van der Waals surface area contributed by atoms with Crippen LogP contribution in [-0.2, 0) is 0 Å². The third-order valence-electron chi connectivity index (χ3n) is 3.21. The maximum Gasteiger partial charge on any atom is 0.337 e. The minimum atomic E-state index is -1.10. The predicted octanol–water partition coefficient (Wildman–Crippen LogP) is 1.44. The van der Waals surface area contributed by atoms with Crippen LogP contribution in [0.15, 0.2) is 47.8 Å². The third-order valence-corrected chi connectivity index (χ3v) is 4.13. The summed E-state index contributed by atoms with van der Waals surface area (Å²) in [6, 6.07) is 9.09. The van der Waals surface area contributed by atoms with Crippen molar-refractivity contribution in [1.82, 2.24) is 25.2 Å². The highest BCUT2D eigenvalue weighted by Gasteiger charge is 2.17. The minimum absolute atomic E-state index is 0.0298. The lowest BCUT2D eigenvalue weighted by Crippen LogP contribution is -2.09. The molecule has 2 N–H and O–H groups in total. The van der Waals surface area contributed by atoms with E-state index in [0.29, 0.717) is 11.3 Å². The van der Waals surface area contributed by atoms with Crippen molar-refractivity contribution in [1.29, 1.82) is 0 Å². The number of pyridine rings is 1. The van der Waals surface area contributed by atoms with Crippen molar-refractivity contribution < 1.29 is 19.8 Å². The Morgan fingerprint density at radius 2 is 1.96 bits per heavy atom. The van der Waals surface area contributed by atoms with Crippen LogP contribution >= 0.6 is 11.8 Å². The van der Waals surface area contributed by atoms with E-state index < -0.39 is 5.97 Å². The molecule has 0 spiro atoms. The monoisotopic (exact) mass is 357 g/mol. The van der Waals surface area contributed by atoms with E-state index in [2.05, 4.69) is 20.5 Å². The maximum atomic E-state index is 12.2. The van der Waals surface area contributed by atoms with Gasteiger partial charge < -0.3 is 10.2 Å². The highest BCUT2D eigenvalue weighted by atomic mass is 32.2. The topological polar surface area (TPSA) is 131 Å². The van der Waals surface area contributed by atoms with Gasteiger partial charge in [0.2, 0.25) is 11.0 Å². The number of thioether (sulfide) groups is 1. The fourth-order valence-electron chi connectivity index (χ4n) is 2.02. The van der Waals surface area contributed by atoms with Gasteiger partial charge in [0.15, 0.2) is 5.78 Å². The number of hydrogen-bond donors (Lipinski definition) is 2. The summed E-state index contributed by atoms with van der Waals surface area (Å²) in [5.41, 5.74) is 0.697. The zero-order valence-corrected chi connectivity index (χ0v) is 13.4. The van der Waals surface area contributed by atoms with E-state index in [4.69, 9.17) is 5.11 Å². The number of aromatic hydroxyl groups is 1. The zero-order chi connectivity index (χ0) is 17.8. The number of carbonyl (C=O) groups is 2. The molecule has 3 aromatic rings. The molecule has 0 bridgehead atoms. The second kappa shape index (κ2) is 7.09. The Hall–Kier alpha value is -3.27. The molecule has 25 heavy (non-hydrogen) atoms. The number of benzene rings is 1. The molecule has 1 aromatic carbocycles. The fourth-order valence-corrected chi connectivity index (χ4v) is 2.80. The van der Waals surface area contributed by atoms with Gasteiger partial charge in [0.05, 0.1) is 17.0 Å². The number of ketones is 1. The molecule has 0 unspecified atom stereocenters.